The minimum Gasteiger partial charge on any atom is -0.320 e. The molecule has 1 aliphatic heterocycles. The Morgan fingerprint density at radius 2 is 1.93 bits per heavy atom. The van der Waals surface area contributed by atoms with Gasteiger partial charge in [0, 0.05) is 0 Å². The standard InChI is InChI=1S/C10H9F2NO/c1-5-3-6(2)8-7(4-5)13-9(14)10(8,11)12/h3-4H,1-2H3,(H,13,14). The fourth-order valence-electron chi connectivity index (χ4n) is 1.80. The normalized spacial score (nSPS) is 17.9. The Balaban J connectivity index is 2.71. The van der Waals surface area contributed by atoms with Gasteiger partial charge in [-0.15, -0.1) is 0 Å². The number of anilines is 1. The first kappa shape index (κ1) is 9.12. The molecule has 14 heavy (non-hydrogen) atoms. The maximum absolute atomic E-state index is 13.3. The van der Waals surface area contributed by atoms with Crippen molar-refractivity contribution in [3.8, 4) is 0 Å². The van der Waals surface area contributed by atoms with Crippen molar-refractivity contribution in [3.63, 3.8) is 0 Å². The molecular weight excluding hydrogens is 188 g/mol. The summed E-state index contributed by atoms with van der Waals surface area (Å²) >= 11 is 0. The summed E-state index contributed by atoms with van der Waals surface area (Å²) in [6.07, 6.45) is 0. The molecule has 0 unspecified atom stereocenters. The van der Waals surface area contributed by atoms with Crippen LogP contribution >= 0.6 is 0 Å². The van der Waals surface area contributed by atoms with Crippen molar-refractivity contribution in [2.75, 3.05) is 5.32 Å². The van der Waals surface area contributed by atoms with Gasteiger partial charge in [0.15, 0.2) is 0 Å². The van der Waals surface area contributed by atoms with Crippen LogP contribution in [-0.2, 0) is 10.7 Å². The Hall–Kier alpha value is -1.45. The van der Waals surface area contributed by atoms with Crippen molar-refractivity contribution in [3.05, 3.63) is 28.8 Å². The highest BCUT2D eigenvalue weighted by molar-refractivity contribution is 6.04. The molecule has 1 aromatic rings. The summed E-state index contributed by atoms with van der Waals surface area (Å²) in [4.78, 5) is 11.0. The van der Waals surface area contributed by atoms with Gasteiger partial charge in [-0.05, 0) is 31.0 Å². The summed E-state index contributed by atoms with van der Waals surface area (Å²) < 4.78 is 26.6. The van der Waals surface area contributed by atoms with Gasteiger partial charge in [-0.25, -0.2) is 0 Å². The molecule has 0 saturated carbocycles. The zero-order valence-corrected chi connectivity index (χ0v) is 7.82. The molecule has 2 rings (SSSR count). The number of hydrogen-bond donors (Lipinski definition) is 1. The maximum Gasteiger partial charge on any atom is 0.352 e. The second-order valence-corrected chi connectivity index (χ2v) is 3.53. The van der Waals surface area contributed by atoms with Crippen molar-refractivity contribution in [2.24, 2.45) is 0 Å². The Morgan fingerprint density at radius 3 is 2.57 bits per heavy atom. The van der Waals surface area contributed by atoms with E-state index in [0.717, 1.165) is 5.56 Å². The van der Waals surface area contributed by atoms with Gasteiger partial charge in [-0.2, -0.15) is 8.78 Å². The number of carbonyl (C=O) groups is 1. The highest BCUT2D eigenvalue weighted by Crippen LogP contribution is 2.42. The summed E-state index contributed by atoms with van der Waals surface area (Å²) in [6.45, 7) is 3.38. The van der Waals surface area contributed by atoms with Gasteiger partial charge in [0.05, 0.1) is 11.3 Å². The van der Waals surface area contributed by atoms with Gasteiger partial charge in [0.2, 0.25) is 0 Å². The number of alkyl halides is 2. The molecule has 0 aromatic heterocycles. The summed E-state index contributed by atoms with van der Waals surface area (Å²) in [5, 5.41) is 2.18. The first-order valence-electron chi connectivity index (χ1n) is 4.24. The molecule has 1 amide bonds. The van der Waals surface area contributed by atoms with E-state index in [-0.39, 0.29) is 11.3 Å². The predicted molar refractivity (Wildman–Crippen MR) is 48.4 cm³/mol. The lowest BCUT2D eigenvalue weighted by Crippen LogP contribution is -2.24. The van der Waals surface area contributed by atoms with Crippen LogP contribution in [0.25, 0.3) is 0 Å². The van der Waals surface area contributed by atoms with Crippen molar-refractivity contribution in [1.82, 2.24) is 0 Å². The molecule has 0 bridgehead atoms. The quantitative estimate of drug-likeness (QED) is 0.679. The summed E-state index contributed by atoms with van der Waals surface area (Å²) in [6, 6.07) is 3.20. The van der Waals surface area contributed by atoms with E-state index < -0.39 is 11.8 Å². The third kappa shape index (κ3) is 1.03. The van der Waals surface area contributed by atoms with Crippen LogP contribution in [0.4, 0.5) is 14.5 Å². The van der Waals surface area contributed by atoms with Crippen LogP contribution in [0.1, 0.15) is 16.7 Å². The van der Waals surface area contributed by atoms with E-state index in [2.05, 4.69) is 5.32 Å². The van der Waals surface area contributed by atoms with Crippen LogP contribution < -0.4 is 5.32 Å². The van der Waals surface area contributed by atoms with Crippen molar-refractivity contribution in [1.29, 1.82) is 0 Å². The number of aryl methyl sites for hydroxylation is 2. The Morgan fingerprint density at radius 1 is 1.29 bits per heavy atom. The van der Waals surface area contributed by atoms with E-state index in [1.807, 2.05) is 0 Å². The third-order valence-corrected chi connectivity index (χ3v) is 2.33. The number of carbonyl (C=O) groups excluding carboxylic acids is 1. The predicted octanol–water partition coefficient (Wildman–Crippen LogP) is 2.35. The summed E-state index contributed by atoms with van der Waals surface area (Å²) in [5.74, 6) is -4.62. The summed E-state index contributed by atoms with van der Waals surface area (Å²) in [7, 11) is 0. The maximum atomic E-state index is 13.3. The lowest BCUT2D eigenvalue weighted by atomic mass is 10.0. The second-order valence-electron chi connectivity index (χ2n) is 3.53. The van der Waals surface area contributed by atoms with Gasteiger partial charge in [-0.3, -0.25) is 4.79 Å². The number of hydrogen-bond acceptors (Lipinski definition) is 1. The highest BCUT2D eigenvalue weighted by atomic mass is 19.3. The van der Waals surface area contributed by atoms with E-state index in [1.54, 1.807) is 26.0 Å². The molecule has 0 atom stereocenters. The average Bonchev–Trinajstić information content (AvgIpc) is 2.21. The number of rotatable bonds is 0. The molecule has 4 heteroatoms. The van der Waals surface area contributed by atoms with Crippen molar-refractivity contribution < 1.29 is 13.6 Å². The minimum atomic E-state index is -3.38. The number of nitrogens with one attached hydrogen (secondary N) is 1. The van der Waals surface area contributed by atoms with Crippen LogP contribution in [0.15, 0.2) is 12.1 Å². The number of benzene rings is 1. The van der Waals surface area contributed by atoms with Gasteiger partial charge >= 0.3 is 5.92 Å². The first-order chi connectivity index (χ1) is 6.43. The van der Waals surface area contributed by atoms with E-state index in [1.165, 1.54) is 0 Å². The molecule has 0 radical (unpaired) electrons. The number of fused-ring (bicyclic) bond motifs is 1. The lowest BCUT2D eigenvalue weighted by Gasteiger charge is -2.09. The van der Waals surface area contributed by atoms with Gasteiger partial charge < -0.3 is 5.32 Å². The van der Waals surface area contributed by atoms with E-state index in [4.69, 9.17) is 0 Å². The average molecular weight is 197 g/mol. The van der Waals surface area contributed by atoms with Crippen LogP contribution in [0.3, 0.4) is 0 Å². The molecular formula is C10H9F2NO. The van der Waals surface area contributed by atoms with Crippen LogP contribution in [0.2, 0.25) is 0 Å². The zero-order valence-electron chi connectivity index (χ0n) is 7.82. The summed E-state index contributed by atoms with van der Waals surface area (Å²) in [5.41, 5.74) is 1.35. The molecule has 0 saturated heterocycles. The molecule has 74 valence electrons. The lowest BCUT2D eigenvalue weighted by molar-refractivity contribution is -0.139. The fourth-order valence-corrected chi connectivity index (χ4v) is 1.80. The monoisotopic (exact) mass is 197 g/mol. The van der Waals surface area contributed by atoms with Gasteiger partial charge in [0.1, 0.15) is 0 Å². The molecule has 1 N–H and O–H groups in total. The Kier molecular flexibility index (Phi) is 1.65. The van der Waals surface area contributed by atoms with Crippen molar-refractivity contribution in [2.45, 2.75) is 19.8 Å². The first-order valence-corrected chi connectivity index (χ1v) is 4.24. The second kappa shape index (κ2) is 2.53. The molecule has 1 heterocycles. The zero-order chi connectivity index (χ0) is 10.5. The van der Waals surface area contributed by atoms with Gasteiger partial charge in [-0.1, -0.05) is 6.07 Å². The van der Waals surface area contributed by atoms with Crippen LogP contribution in [0.5, 0.6) is 0 Å². The highest BCUT2D eigenvalue weighted by Gasteiger charge is 2.49. The molecule has 0 spiro atoms. The largest absolute Gasteiger partial charge is 0.352 e. The third-order valence-electron chi connectivity index (χ3n) is 2.33. The smallest absolute Gasteiger partial charge is 0.320 e. The topological polar surface area (TPSA) is 29.1 Å². The Labute approximate surface area is 79.9 Å². The number of halogens is 2. The molecule has 1 aliphatic rings. The van der Waals surface area contributed by atoms with Gasteiger partial charge in [0.25, 0.3) is 5.91 Å². The SMILES string of the molecule is Cc1cc(C)c2c(c1)NC(=O)C2(F)F. The molecule has 2 nitrogen and oxygen atoms in total. The van der Waals surface area contributed by atoms with E-state index >= 15 is 0 Å². The van der Waals surface area contributed by atoms with Crippen LogP contribution in [-0.4, -0.2) is 5.91 Å². The van der Waals surface area contributed by atoms with E-state index in [9.17, 15) is 13.6 Å². The van der Waals surface area contributed by atoms with Crippen LogP contribution in [0, 0.1) is 13.8 Å². The molecule has 0 fully saturated rings. The number of amides is 1. The fraction of sp³-hybridized carbons (Fsp3) is 0.300. The molecule has 0 aliphatic carbocycles. The Bertz CT molecular complexity index is 426. The van der Waals surface area contributed by atoms with E-state index in [0.29, 0.717) is 5.56 Å². The minimum absolute atomic E-state index is 0.187. The van der Waals surface area contributed by atoms with Crippen molar-refractivity contribution >= 4 is 11.6 Å². The molecule has 1 aromatic carbocycles.